The van der Waals surface area contributed by atoms with E-state index in [1.807, 2.05) is 91.9 Å². The minimum absolute atomic E-state index is 0.111. The third kappa shape index (κ3) is 5.05. The van der Waals surface area contributed by atoms with Crippen LogP contribution >= 0.6 is 11.3 Å². The highest BCUT2D eigenvalue weighted by Gasteiger charge is 2.11. The van der Waals surface area contributed by atoms with Crippen LogP contribution in [0.5, 0.6) is 0 Å². The number of amides is 1. The molecule has 3 aromatic carbocycles. The second-order valence-electron chi connectivity index (χ2n) is 8.01. The summed E-state index contributed by atoms with van der Waals surface area (Å²) in [4.78, 5) is 22.4. The van der Waals surface area contributed by atoms with Crippen molar-refractivity contribution in [2.45, 2.75) is 13.8 Å². The van der Waals surface area contributed by atoms with Crippen molar-refractivity contribution in [3.63, 3.8) is 0 Å². The topological polar surface area (TPSA) is 78.9 Å². The highest BCUT2D eigenvalue weighted by molar-refractivity contribution is 7.20. The third-order valence-corrected chi connectivity index (χ3v) is 6.34. The van der Waals surface area contributed by atoms with Crippen molar-refractivity contribution in [1.29, 1.82) is 0 Å². The lowest BCUT2D eigenvalue weighted by Crippen LogP contribution is -2.09. The predicted octanol–water partition coefficient (Wildman–Crippen LogP) is 7.05. The number of rotatable bonds is 6. The highest BCUT2D eigenvalue weighted by Crippen LogP contribution is 2.26. The van der Waals surface area contributed by atoms with Crippen molar-refractivity contribution in [2.75, 3.05) is 16.0 Å². The van der Waals surface area contributed by atoms with Gasteiger partial charge in [0.25, 0.3) is 5.91 Å². The molecular weight excluding hydrogens is 442 g/mol. The van der Waals surface area contributed by atoms with E-state index in [1.54, 1.807) is 0 Å². The molecule has 5 aromatic rings. The minimum atomic E-state index is -0.111. The van der Waals surface area contributed by atoms with Crippen molar-refractivity contribution in [1.82, 2.24) is 9.97 Å². The lowest BCUT2D eigenvalue weighted by molar-refractivity contribution is 0.103. The van der Waals surface area contributed by atoms with Gasteiger partial charge in [-0.2, -0.15) is 4.98 Å². The molecule has 0 unspecified atom stereocenters. The molecular formula is C27H23N5OS. The standard InChI is InChI=1S/C27H23N5OS/c1-17-7-9-22(10-8-17)31-27-28-18(2)15-25(32-27)29-20-11-13-21(14-12-20)30-26(33)24-16-19-5-3-4-6-23(19)34-24/h3-16H,1-2H3,(H,30,33)(H2,28,29,31,32). The summed E-state index contributed by atoms with van der Waals surface area (Å²) < 4.78 is 1.10. The molecule has 5 rings (SSSR count). The Labute approximate surface area is 201 Å². The summed E-state index contributed by atoms with van der Waals surface area (Å²) in [6.45, 7) is 3.98. The molecule has 1 amide bonds. The van der Waals surface area contributed by atoms with Crippen LogP contribution in [0.25, 0.3) is 10.1 Å². The Kier molecular flexibility index (Phi) is 5.93. The van der Waals surface area contributed by atoms with Crippen LogP contribution < -0.4 is 16.0 Å². The summed E-state index contributed by atoms with van der Waals surface area (Å²) >= 11 is 1.49. The maximum atomic E-state index is 12.7. The van der Waals surface area contributed by atoms with E-state index in [9.17, 15) is 4.79 Å². The van der Waals surface area contributed by atoms with Crippen molar-refractivity contribution in [3.8, 4) is 0 Å². The molecule has 0 aliphatic heterocycles. The van der Waals surface area contributed by atoms with E-state index >= 15 is 0 Å². The Bertz CT molecular complexity index is 1430. The number of fused-ring (bicyclic) bond motifs is 1. The van der Waals surface area contributed by atoms with E-state index in [0.717, 1.165) is 32.8 Å². The first-order valence-corrected chi connectivity index (χ1v) is 11.7. The van der Waals surface area contributed by atoms with Crippen molar-refractivity contribution >= 4 is 56.2 Å². The van der Waals surface area contributed by atoms with Crippen molar-refractivity contribution < 1.29 is 4.79 Å². The van der Waals surface area contributed by atoms with Crippen molar-refractivity contribution in [3.05, 3.63) is 101 Å². The number of anilines is 5. The molecule has 0 aliphatic rings. The average molecular weight is 466 g/mol. The lowest BCUT2D eigenvalue weighted by Gasteiger charge is -2.11. The van der Waals surface area contributed by atoms with Crippen molar-refractivity contribution in [2.24, 2.45) is 0 Å². The molecule has 6 nitrogen and oxygen atoms in total. The first-order chi connectivity index (χ1) is 16.5. The van der Waals surface area contributed by atoms with Crippen LogP contribution in [0, 0.1) is 13.8 Å². The molecule has 2 heterocycles. The van der Waals surface area contributed by atoms with E-state index in [4.69, 9.17) is 0 Å². The van der Waals surface area contributed by atoms with Gasteiger partial charge >= 0.3 is 0 Å². The number of nitrogens with one attached hydrogen (secondary N) is 3. The number of carbonyl (C=O) groups excluding carboxylic acids is 1. The van der Waals surface area contributed by atoms with Gasteiger partial charge in [0, 0.05) is 33.5 Å². The number of benzene rings is 3. The Morgan fingerprint density at radius 2 is 1.44 bits per heavy atom. The molecule has 168 valence electrons. The number of aromatic nitrogens is 2. The maximum absolute atomic E-state index is 12.7. The largest absolute Gasteiger partial charge is 0.340 e. The summed E-state index contributed by atoms with van der Waals surface area (Å²) in [5, 5.41) is 10.6. The van der Waals surface area contributed by atoms with Crippen LogP contribution in [0.15, 0.2) is 84.9 Å². The average Bonchev–Trinajstić information content (AvgIpc) is 3.26. The van der Waals surface area contributed by atoms with Gasteiger partial charge in [0.2, 0.25) is 5.95 Å². The quantitative estimate of drug-likeness (QED) is 0.250. The molecule has 3 N–H and O–H groups in total. The lowest BCUT2D eigenvalue weighted by atomic mass is 10.2. The number of hydrogen-bond donors (Lipinski definition) is 3. The van der Waals surface area contributed by atoms with Gasteiger partial charge in [-0.25, -0.2) is 4.98 Å². The molecule has 0 atom stereocenters. The Hall–Kier alpha value is -4.23. The molecule has 0 radical (unpaired) electrons. The fourth-order valence-corrected chi connectivity index (χ4v) is 4.48. The highest BCUT2D eigenvalue weighted by atomic mass is 32.1. The van der Waals surface area contributed by atoms with Crippen LogP contribution in [-0.2, 0) is 0 Å². The van der Waals surface area contributed by atoms with Crippen LogP contribution in [-0.4, -0.2) is 15.9 Å². The molecule has 34 heavy (non-hydrogen) atoms. The predicted molar refractivity (Wildman–Crippen MR) is 141 cm³/mol. The molecule has 0 saturated carbocycles. The van der Waals surface area contributed by atoms with Crippen LogP contribution in [0.3, 0.4) is 0 Å². The fourth-order valence-electron chi connectivity index (χ4n) is 3.53. The zero-order valence-corrected chi connectivity index (χ0v) is 19.6. The molecule has 2 aromatic heterocycles. The summed E-state index contributed by atoms with van der Waals surface area (Å²) in [6, 6.07) is 27.4. The van der Waals surface area contributed by atoms with E-state index in [-0.39, 0.29) is 5.91 Å². The third-order valence-electron chi connectivity index (χ3n) is 5.23. The van der Waals surface area contributed by atoms with Gasteiger partial charge in [-0.15, -0.1) is 11.3 Å². The molecule has 0 aliphatic carbocycles. The van der Waals surface area contributed by atoms with E-state index < -0.39 is 0 Å². The number of aryl methyl sites for hydroxylation is 2. The monoisotopic (exact) mass is 465 g/mol. The Morgan fingerprint density at radius 1 is 0.765 bits per heavy atom. The molecule has 0 bridgehead atoms. The van der Waals surface area contributed by atoms with E-state index in [0.29, 0.717) is 16.6 Å². The van der Waals surface area contributed by atoms with Gasteiger partial charge in [-0.05, 0) is 67.8 Å². The first kappa shape index (κ1) is 21.6. The van der Waals surface area contributed by atoms with Gasteiger partial charge in [0.1, 0.15) is 5.82 Å². The smallest absolute Gasteiger partial charge is 0.265 e. The zero-order chi connectivity index (χ0) is 23.5. The van der Waals surface area contributed by atoms with E-state index in [2.05, 4.69) is 32.8 Å². The zero-order valence-electron chi connectivity index (χ0n) is 18.8. The summed E-state index contributed by atoms with van der Waals surface area (Å²) in [6.07, 6.45) is 0. The number of nitrogens with zero attached hydrogens (tertiary/aromatic N) is 2. The van der Waals surface area contributed by atoms with Gasteiger partial charge in [0.05, 0.1) is 4.88 Å². The van der Waals surface area contributed by atoms with Crippen LogP contribution in [0.1, 0.15) is 20.9 Å². The molecule has 7 heteroatoms. The normalized spacial score (nSPS) is 10.8. The van der Waals surface area contributed by atoms with Gasteiger partial charge < -0.3 is 16.0 Å². The molecule has 0 saturated heterocycles. The summed E-state index contributed by atoms with van der Waals surface area (Å²) in [7, 11) is 0. The van der Waals surface area contributed by atoms with Crippen LogP contribution in [0.4, 0.5) is 28.8 Å². The molecule has 0 spiro atoms. The van der Waals surface area contributed by atoms with Gasteiger partial charge in [0.15, 0.2) is 0 Å². The summed E-state index contributed by atoms with van der Waals surface area (Å²) in [5.74, 6) is 1.10. The van der Waals surface area contributed by atoms with Gasteiger partial charge in [-0.3, -0.25) is 4.79 Å². The SMILES string of the molecule is Cc1ccc(Nc2nc(C)cc(Nc3ccc(NC(=O)c4cc5ccccc5s4)cc3)n2)cc1. The molecule has 0 fully saturated rings. The number of carbonyl (C=O) groups is 1. The Balaban J connectivity index is 1.26. The second-order valence-corrected chi connectivity index (χ2v) is 9.10. The fraction of sp³-hybridized carbons (Fsp3) is 0.0741. The van der Waals surface area contributed by atoms with Crippen LogP contribution in [0.2, 0.25) is 0 Å². The number of thiophene rings is 1. The maximum Gasteiger partial charge on any atom is 0.265 e. The summed E-state index contributed by atoms with van der Waals surface area (Å²) in [5.41, 5.74) is 4.56. The number of hydrogen-bond acceptors (Lipinski definition) is 6. The minimum Gasteiger partial charge on any atom is -0.340 e. The first-order valence-electron chi connectivity index (χ1n) is 10.9. The van der Waals surface area contributed by atoms with Gasteiger partial charge in [-0.1, -0.05) is 35.9 Å². The second kappa shape index (κ2) is 9.33. The van der Waals surface area contributed by atoms with E-state index in [1.165, 1.54) is 16.9 Å². The Morgan fingerprint density at radius 3 is 2.21 bits per heavy atom.